The predicted octanol–water partition coefficient (Wildman–Crippen LogP) is 5.67. The van der Waals surface area contributed by atoms with E-state index in [4.69, 9.17) is 14.2 Å². The highest BCUT2D eigenvalue weighted by molar-refractivity contribution is 6.04. The molecule has 0 radical (unpaired) electrons. The molecule has 5 N–H and O–H groups in total. The van der Waals surface area contributed by atoms with Crippen molar-refractivity contribution in [3.05, 3.63) is 130 Å². The summed E-state index contributed by atoms with van der Waals surface area (Å²) in [7, 11) is 1.42. The van der Waals surface area contributed by atoms with E-state index in [1.54, 1.807) is 69.0 Å². The van der Waals surface area contributed by atoms with Gasteiger partial charge in [-0.1, -0.05) is 48.5 Å². The number of ether oxygens (including phenoxy) is 3. The Labute approximate surface area is 517 Å². The van der Waals surface area contributed by atoms with Gasteiger partial charge in [-0.25, -0.2) is 18.4 Å². The number of benzene rings is 4. The Kier molecular flexibility index (Phi) is 20.4. The number of nitrogens with one attached hydrogen (secondary N) is 4. The zero-order valence-corrected chi connectivity index (χ0v) is 51.8. The van der Waals surface area contributed by atoms with Gasteiger partial charge in [-0.15, -0.1) is 0 Å². The highest BCUT2D eigenvalue weighted by Gasteiger charge is 2.49. The number of carbonyl (C=O) groups excluding carboxylic acids is 7. The molecule has 5 heterocycles. The van der Waals surface area contributed by atoms with Gasteiger partial charge in [0.15, 0.2) is 0 Å². The van der Waals surface area contributed by atoms with E-state index in [9.17, 15) is 47.9 Å². The van der Waals surface area contributed by atoms with Crippen LogP contribution in [0.3, 0.4) is 0 Å². The quantitative estimate of drug-likeness (QED) is 0.0754. The largest absolute Gasteiger partial charge is 0.465 e. The standard InChI is InChI=1S/C65H82F2N10O12/c1-39-32-74(48(35-75(39)62(84)85)34-73-25-28-88-37-40(73)2)36-54(78)77-38-65(7,50-19-15-43(30-53(50)77)29-42-13-17-47(66)18-14-42)61(83)69-24-23-68-58(80)45-16-20-51(67)52(31-45)70-59(81)56-49-12-10-9-11-46(49)33-76(56)60(82)55(44-21-26-87-27-22-44)71-57(79)41(3)72(8)63(86)89-64(4,5)6/h9-20,30-31,39-41,44,48,55-56H,21-29,32-38H2,1-8H3,(H,68,80)(H,69,83)(H,70,81)(H,71,79)(H,84,85)/t39?,40-,41?,48?,55?,56+,65?/m1/s1. The Morgan fingerprint density at radius 2 is 1.54 bits per heavy atom. The van der Waals surface area contributed by atoms with E-state index in [2.05, 4.69) is 33.1 Å². The van der Waals surface area contributed by atoms with E-state index in [0.717, 1.165) is 22.1 Å². The van der Waals surface area contributed by atoms with Gasteiger partial charge >= 0.3 is 12.2 Å². The van der Waals surface area contributed by atoms with Crippen molar-refractivity contribution in [1.82, 2.24) is 40.4 Å². The van der Waals surface area contributed by atoms with Crippen molar-refractivity contribution in [3.63, 3.8) is 0 Å². The average Bonchev–Trinajstić information content (AvgIpc) is 1.73. The lowest BCUT2D eigenvalue weighted by Gasteiger charge is -2.47. The van der Waals surface area contributed by atoms with Crippen LogP contribution in [-0.2, 0) is 56.6 Å². The van der Waals surface area contributed by atoms with E-state index < -0.39 is 88.6 Å². The lowest BCUT2D eigenvalue weighted by Crippen LogP contribution is -2.64. The highest BCUT2D eigenvalue weighted by atomic mass is 19.1. The molecule has 5 aliphatic heterocycles. The smallest absolute Gasteiger partial charge is 0.410 e. The van der Waals surface area contributed by atoms with Crippen LogP contribution in [0.5, 0.6) is 0 Å². The first-order chi connectivity index (χ1) is 42.3. The maximum absolute atomic E-state index is 15.8. The van der Waals surface area contributed by atoms with E-state index >= 15 is 4.39 Å². The van der Waals surface area contributed by atoms with E-state index in [1.807, 2.05) is 30.0 Å². The first-order valence-corrected chi connectivity index (χ1v) is 30.4. The Morgan fingerprint density at radius 3 is 2.25 bits per heavy atom. The molecule has 3 fully saturated rings. The summed E-state index contributed by atoms with van der Waals surface area (Å²) >= 11 is 0. The number of hydrogen-bond donors (Lipinski definition) is 5. The van der Waals surface area contributed by atoms with Crippen LogP contribution in [0.2, 0.25) is 0 Å². The summed E-state index contributed by atoms with van der Waals surface area (Å²) in [6.45, 7) is 15.4. The summed E-state index contributed by atoms with van der Waals surface area (Å²) in [5.74, 6) is -4.95. The summed E-state index contributed by atoms with van der Waals surface area (Å²) < 4.78 is 46.4. The van der Waals surface area contributed by atoms with Crippen LogP contribution in [0.1, 0.15) is 106 Å². The predicted molar refractivity (Wildman–Crippen MR) is 326 cm³/mol. The molecular weight excluding hydrogens is 1150 g/mol. The second-order valence-corrected chi connectivity index (χ2v) is 25.2. The zero-order chi connectivity index (χ0) is 64.1. The van der Waals surface area contributed by atoms with Crippen LogP contribution >= 0.6 is 0 Å². The van der Waals surface area contributed by atoms with Gasteiger partial charge < -0.3 is 55.3 Å². The van der Waals surface area contributed by atoms with Gasteiger partial charge in [0.1, 0.15) is 35.4 Å². The van der Waals surface area contributed by atoms with Crippen LogP contribution < -0.4 is 26.2 Å². The minimum Gasteiger partial charge on any atom is -0.465 e. The lowest BCUT2D eigenvalue weighted by molar-refractivity contribution is -0.144. The lowest BCUT2D eigenvalue weighted by atomic mass is 9.83. The fourth-order valence-corrected chi connectivity index (χ4v) is 12.5. The number of likely N-dealkylation sites (N-methyl/N-ethyl adjacent to an activating group) is 1. The van der Waals surface area contributed by atoms with E-state index in [-0.39, 0.29) is 74.3 Å². The monoisotopic (exact) mass is 1230 g/mol. The minimum atomic E-state index is -1.28. The molecule has 9 rings (SSSR count). The number of hydrogen-bond acceptors (Lipinski definition) is 13. The van der Waals surface area contributed by atoms with Crippen molar-refractivity contribution in [2.75, 3.05) is 96.0 Å². The summed E-state index contributed by atoms with van der Waals surface area (Å²) in [5.41, 5.74) is 1.46. The molecule has 4 aromatic rings. The van der Waals surface area contributed by atoms with Gasteiger partial charge in [-0.2, -0.15) is 0 Å². The van der Waals surface area contributed by atoms with Gasteiger partial charge in [-0.05, 0) is 138 Å². The van der Waals surface area contributed by atoms with Crippen LogP contribution in [0, 0.1) is 17.6 Å². The number of nitrogens with zero attached hydrogens (tertiary/aromatic N) is 6. The molecule has 5 unspecified atom stereocenters. The van der Waals surface area contributed by atoms with E-state index in [0.29, 0.717) is 87.7 Å². The highest BCUT2D eigenvalue weighted by Crippen LogP contribution is 2.43. The molecule has 24 heteroatoms. The Balaban J connectivity index is 0.868. The number of halogens is 2. The number of anilines is 2. The SMILES string of the molecule is CC(C(=O)NC(C(=O)N1Cc2ccccc2[C@H]1C(=O)Nc1cc(C(=O)NCCNC(=O)C2(C)CN(C(=O)CN3CC(C)N(C(=O)O)CC3CN3CCOC[C@H]3C)c3cc(Cc4ccc(F)cc4)ccc32)ccc1F)C1CCOCC1)N(C)C(=O)OC(C)(C)C. The molecule has 0 aromatic heterocycles. The molecule has 3 saturated heterocycles. The fourth-order valence-electron chi connectivity index (χ4n) is 12.5. The summed E-state index contributed by atoms with van der Waals surface area (Å²) in [6.07, 6.45) is -0.505. The number of carboxylic acid groups (broad SMARTS) is 1. The summed E-state index contributed by atoms with van der Waals surface area (Å²) in [4.78, 5) is 122. The Hall–Kier alpha value is -8.06. The van der Waals surface area contributed by atoms with Crippen LogP contribution in [-0.4, -0.2) is 199 Å². The normalized spacial score (nSPS) is 22.1. The molecule has 0 spiro atoms. The molecule has 4 aromatic carbocycles. The Bertz CT molecular complexity index is 3310. The fraction of sp³-hybridized carbons (Fsp3) is 0.508. The molecule has 0 bridgehead atoms. The third-order valence-electron chi connectivity index (χ3n) is 17.7. The second-order valence-electron chi connectivity index (χ2n) is 25.2. The first-order valence-electron chi connectivity index (χ1n) is 30.4. The van der Waals surface area contributed by atoms with Crippen molar-refractivity contribution in [3.8, 4) is 0 Å². The topological polar surface area (TPSA) is 252 Å². The maximum Gasteiger partial charge on any atom is 0.410 e. The van der Waals surface area contributed by atoms with Gasteiger partial charge in [0.25, 0.3) is 11.8 Å². The molecule has 0 saturated carbocycles. The third-order valence-corrected chi connectivity index (χ3v) is 17.7. The minimum absolute atomic E-state index is 0.00988. The molecular formula is C65H82F2N10O12. The molecule has 8 amide bonds. The van der Waals surface area contributed by atoms with Gasteiger partial charge in [0.05, 0.1) is 30.9 Å². The van der Waals surface area contributed by atoms with Gasteiger partial charge in [0, 0.05) is 102 Å². The first kappa shape index (κ1) is 65.4. The number of morpholine rings is 1. The molecule has 0 aliphatic carbocycles. The van der Waals surface area contributed by atoms with Gasteiger partial charge in [-0.3, -0.25) is 43.5 Å². The van der Waals surface area contributed by atoms with E-state index in [1.165, 1.54) is 48.0 Å². The summed E-state index contributed by atoms with van der Waals surface area (Å²) in [6, 6.07) is 18.0. The van der Waals surface area contributed by atoms with Crippen molar-refractivity contribution in [2.45, 2.75) is 122 Å². The number of rotatable bonds is 18. The number of piperazine rings is 1. The summed E-state index contributed by atoms with van der Waals surface area (Å²) in [5, 5.41) is 21.3. The molecule has 5 aliphatic rings. The second kappa shape index (κ2) is 27.8. The number of fused-ring (bicyclic) bond motifs is 2. The average molecular weight is 1230 g/mol. The third kappa shape index (κ3) is 15.2. The Morgan fingerprint density at radius 1 is 0.831 bits per heavy atom. The van der Waals surface area contributed by atoms with Crippen LogP contribution in [0.4, 0.5) is 29.7 Å². The zero-order valence-electron chi connectivity index (χ0n) is 51.8. The number of carbonyl (C=O) groups is 8. The van der Waals surface area contributed by atoms with Crippen molar-refractivity contribution < 1.29 is 66.5 Å². The van der Waals surface area contributed by atoms with Crippen LogP contribution in [0.15, 0.2) is 84.9 Å². The van der Waals surface area contributed by atoms with Crippen LogP contribution in [0.25, 0.3) is 0 Å². The molecule has 7 atom stereocenters. The van der Waals surface area contributed by atoms with Gasteiger partial charge in [0.2, 0.25) is 23.6 Å². The molecule has 89 heavy (non-hydrogen) atoms. The molecule has 478 valence electrons. The van der Waals surface area contributed by atoms with Crippen molar-refractivity contribution in [1.29, 1.82) is 0 Å². The number of amides is 8. The maximum atomic E-state index is 15.8. The van der Waals surface area contributed by atoms with Crippen molar-refractivity contribution in [2.24, 2.45) is 5.92 Å². The van der Waals surface area contributed by atoms with Crippen molar-refractivity contribution >= 4 is 59.0 Å². The molecule has 22 nitrogen and oxygen atoms in total.